The zero-order valence-corrected chi connectivity index (χ0v) is 10.1. The van der Waals surface area contributed by atoms with Crippen molar-refractivity contribution in [2.24, 2.45) is 11.3 Å². The number of carbonyl (C=O) groups excluding carboxylic acids is 1. The maximum atomic E-state index is 11.9. The van der Waals surface area contributed by atoms with Gasteiger partial charge in [0.15, 0.2) is 5.13 Å². The number of rotatable bonds is 2. The first-order chi connectivity index (χ1) is 7.55. The Hall–Kier alpha value is -1.41. The summed E-state index contributed by atoms with van der Waals surface area (Å²) >= 11 is 1.43. The Balaban J connectivity index is 2.06. The van der Waals surface area contributed by atoms with Crippen LogP contribution in [0.1, 0.15) is 24.6 Å². The molecular formula is C11H13N3OS. The van der Waals surface area contributed by atoms with Crippen LogP contribution in [0.3, 0.4) is 0 Å². The van der Waals surface area contributed by atoms with E-state index in [9.17, 15) is 4.79 Å². The number of nitrogens with one attached hydrogen (secondary N) is 1. The molecule has 0 saturated heterocycles. The van der Waals surface area contributed by atoms with Crippen LogP contribution in [-0.2, 0) is 4.79 Å². The highest BCUT2D eigenvalue weighted by molar-refractivity contribution is 7.15. The number of hydrogen-bond acceptors (Lipinski definition) is 4. The van der Waals surface area contributed by atoms with E-state index in [1.165, 1.54) is 11.3 Å². The molecule has 4 nitrogen and oxygen atoms in total. The topological polar surface area (TPSA) is 65.8 Å². The first-order valence-corrected chi connectivity index (χ1v) is 6.02. The van der Waals surface area contributed by atoms with Gasteiger partial charge in [-0.1, -0.05) is 6.92 Å². The lowest BCUT2D eigenvalue weighted by atomic mass is 9.63. The van der Waals surface area contributed by atoms with E-state index in [1.54, 1.807) is 6.20 Å². The molecule has 16 heavy (non-hydrogen) atoms. The minimum Gasteiger partial charge on any atom is -0.301 e. The summed E-state index contributed by atoms with van der Waals surface area (Å²) in [5, 5.41) is 12.4. The summed E-state index contributed by atoms with van der Waals surface area (Å²) in [4.78, 5) is 17.0. The van der Waals surface area contributed by atoms with Crippen molar-refractivity contribution in [1.29, 1.82) is 5.26 Å². The van der Waals surface area contributed by atoms with Crippen LogP contribution < -0.4 is 5.32 Å². The SMILES string of the molecule is Cc1cnc(NC(=O)C2(C#N)CC(C)C2)s1. The number of aromatic nitrogens is 1. The first-order valence-electron chi connectivity index (χ1n) is 5.21. The minimum absolute atomic E-state index is 0.206. The zero-order valence-electron chi connectivity index (χ0n) is 9.28. The fourth-order valence-corrected chi connectivity index (χ4v) is 2.75. The van der Waals surface area contributed by atoms with Crippen molar-refractivity contribution >= 4 is 22.4 Å². The molecule has 0 aromatic carbocycles. The van der Waals surface area contributed by atoms with E-state index in [2.05, 4.69) is 23.3 Å². The highest BCUT2D eigenvalue weighted by atomic mass is 32.1. The Labute approximate surface area is 98.3 Å². The second-order valence-corrected chi connectivity index (χ2v) is 5.67. The number of aryl methyl sites for hydroxylation is 1. The van der Waals surface area contributed by atoms with Gasteiger partial charge in [0.25, 0.3) is 0 Å². The number of anilines is 1. The fourth-order valence-electron chi connectivity index (χ4n) is 2.09. The van der Waals surface area contributed by atoms with Crippen molar-refractivity contribution in [3.05, 3.63) is 11.1 Å². The molecule has 0 unspecified atom stereocenters. The van der Waals surface area contributed by atoms with E-state index in [0.717, 1.165) is 4.88 Å². The van der Waals surface area contributed by atoms with Crippen LogP contribution >= 0.6 is 11.3 Å². The van der Waals surface area contributed by atoms with Crippen LogP contribution in [-0.4, -0.2) is 10.9 Å². The number of carbonyl (C=O) groups is 1. The third kappa shape index (κ3) is 1.81. The van der Waals surface area contributed by atoms with Crippen LogP contribution in [0.4, 0.5) is 5.13 Å². The molecule has 1 amide bonds. The number of nitriles is 1. The van der Waals surface area contributed by atoms with Gasteiger partial charge >= 0.3 is 0 Å². The molecule has 5 heteroatoms. The number of nitrogens with zero attached hydrogens (tertiary/aromatic N) is 2. The largest absolute Gasteiger partial charge is 0.301 e. The van der Waals surface area contributed by atoms with Crippen LogP contribution in [0, 0.1) is 29.6 Å². The molecular weight excluding hydrogens is 222 g/mol. The second kappa shape index (κ2) is 3.87. The maximum Gasteiger partial charge on any atom is 0.246 e. The smallest absolute Gasteiger partial charge is 0.246 e. The van der Waals surface area contributed by atoms with Gasteiger partial charge in [-0.25, -0.2) is 4.98 Å². The molecule has 1 aliphatic rings. The second-order valence-electron chi connectivity index (χ2n) is 4.44. The van der Waals surface area contributed by atoms with Gasteiger partial charge in [0.05, 0.1) is 6.07 Å². The van der Waals surface area contributed by atoms with E-state index in [-0.39, 0.29) is 5.91 Å². The van der Waals surface area contributed by atoms with Crippen molar-refractivity contribution in [2.75, 3.05) is 5.32 Å². The molecule has 84 valence electrons. The lowest BCUT2D eigenvalue weighted by molar-refractivity contribution is -0.128. The molecule has 0 spiro atoms. The van der Waals surface area contributed by atoms with Gasteiger partial charge in [-0.15, -0.1) is 11.3 Å². The van der Waals surface area contributed by atoms with Crippen molar-refractivity contribution in [3.8, 4) is 6.07 Å². The monoisotopic (exact) mass is 235 g/mol. The van der Waals surface area contributed by atoms with Gasteiger partial charge in [0.2, 0.25) is 5.91 Å². The molecule has 1 saturated carbocycles. The molecule has 1 aromatic heterocycles. The number of amides is 1. The summed E-state index contributed by atoms with van der Waals surface area (Å²) in [6.45, 7) is 3.98. The maximum absolute atomic E-state index is 11.9. The first kappa shape index (κ1) is 11.1. The third-order valence-electron chi connectivity index (χ3n) is 2.88. The molecule has 0 radical (unpaired) electrons. The highest BCUT2D eigenvalue weighted by Gasteiger charge is 2.49. The van der Waals surface area contributed by atoms with Crippen LogP contribution in [0.2, 0.25) is 0 Å². The summed E-state index contributed by atoms with van der Waals surface area (Å²) in [5.74, 6) is 0.255. The number of thiazole rings is 1. The molecule has 1 fully saturated rings. The Kier molecular flexibility index (Phi) is 2.68. The molecule has 0 bridgehead atoms. The van der Waals surface area contributed by atoms with E-state index in [1.807, 2.05) is 6.92 Å². The van der Waals surface area contributed by atoms with E-state index >= 15 is 0 Å². The van der Waals surface area contributed by atoms with E-state index in [4.69, 9.17) is 5.26 Å². The van der Waals surface area contributed by atoms with Crippen molar-refractivity contribution in [3.63, 3.8) is 0 Å². The normalized spacial score (nSPS) is 27.9. The fraction of sp³-hybridized carbons (Fsp3) is 0.545. The average Bonchev–Trinajstić information content (AvgIpc) is 2.58. The van der Waals surface area contributed by atoms with Crippen LogP contribution in [0.5, 0.6) is 0 Å². The van der Waals surface area contributed by atoms with Gasteiger partial charge < -0.3 is 5.32 Å². The molecule has 0 atom stereocenters. The molecule has 2 rings (SSSR count). The predicted molar refractivity (Wildman–Crippen MR) is 61.9 cm³/mol. The summed E-state index contributed by atoms with van der Waals surface area (Å²) in [6.07, 6.45) is 3.02. The summed E-state index contributed by atoms with van der Waals surface area (Å²) in [7, 11) is 0. The van der Waals surface area contributed by atoms with Crippen LogP contribution in [0.25, 0.3) is 0 Å². The van der Waals surface area contributed by atoms with Gasteiger partial charge in [-0.2, -0.15) is 5.26 Å². The number of hydrogen-bond donors (Lipinski definition) is 1. The van der Waals surface area contributed by atoms with E-state index < -0.39 is 5.41 Å². The van der Waals surface area contributed by atoms with Crippen molar-refractivity contribution in [1.82, 2.24) is 4.98 Å². The molecule has 0 aliphatic heterocycles. The Bertz CT molecular complexity index is 454. The van der Waals surface area contributed by atoms with E-state index in [0.29, 0.717) is 23.9 Å². The Morgan fingerprint density at radius 3 is 2.88 bits per heavy atom. The summed E-state index contributed by atoms with van der Waals surface area (Å²) in [6, 6.07) is 2.14. The third-order valence-corrected chi connectivity index (χ3v) is 3.71. The molecule has 1 heterocycles. The summed E-state index contributed by atoms with van der Waals surface area (Å²) in [5.41, 5.74) is -0.820. The summed E-state index contributed by atoms with van der Waals surface area (Å²) < 4.78 is 0. The standard InChI is InChI=1S/C11H13N3OS/c1-7-3-11(4-7,6-12)9(15)14-10-13-5-8(2)16-10/h5,7H,3-4H2,1-2H3,(H,13,14,15). The van der Waals surface area contributed by atoms with Gasteiger partial charge in [-0.05, 0) is 25.7 Å². The molecule has 1 aliphatic carbocycles. The molecule has 1 aromatic rings. The zero-order chi connectivity index (χ0) is 11.8. The van der Waals surface area contributed by atoms with Gasteiger partial charge in [0.1, 0.15) is 5.41 Å². The quantitative estimate of drug-likeness (QED) is 0.855. The lowest BCUT2D eigenvalue weighted by Gasteiger charge is -2.38. The Morgan fingerprint density at radius 1 is 1.75 bits per heavy atom. The van der Waals surface area contributed by atoms with Crippen molar-refractivity contribution in [2.45, 2.75) is 26.7 Å². The minimum atomic E-state index is -0.820. The Morgan fingerprint density at radius 2 is 2.44 bits per heavy atom. The van der Waals surface area contributed by atoms with Crippen molar-refractivity contribution < 1.29 is 4.79 Å². The van der Waals surface area contributed by atoms with Crippen LogP contribution in [0.15, 0.2) is 6.20 Å². The lowest BCUT2D eigenvalue weighted by Crippen LogP contribution is -2.45. The average molecular weight is 235 g/mol. The predicted octanol–water partition coefficient (Wildman–Crippen LogP) is 2.33. The van der Waals surface area contributed by atoms with Gasteiger partial charge in [0, 0.05) is 11.1 Å². The van der Waals surface area contributed by atoms with Gasteiger partial charge in [-0.3, -0.25) is 4.79 Å². The molecule has 1 N–H and O–H groups in total. The highest BCUT2D eigenvalue weighted by Crippen LogP contribution is 2.45.